The molecule has 0 aliphatic carbocycles. The minimum atomic E-state index is 0.941. The van der Waals surface area contributed by atoms with Gasteiger partial charge in [0.25, 0.3) is 0 Å². The highest BCUT2D eigenvalue weighted by atomic mass is 15.1. The molecular weight excluding hydrogens is 172 g/mol. The van der Waals surface area contributed by atoms with Crippen LogP contribution in [0.2, 0.25) is 0 Å². The Labute approximate surface area is 84.2 Å². The number of benzene rings is 1. The second kappa shape index (κ2) is 3.66. The molecule has 0 bridgehead atoms. The van der Waals surface area contributed by atoms with Gasteiger partial charge in [0.05, 0.1) is 11.4 Å². The SMILES string of the molecule is CCc1nc(C)cn1-c1[c]cccc1. The smallest absolute Gasteiger partial charge is 0.113 e. The van der Waals surface area contributed by atoms with Crippen LogP contribution >= 0.6 is 0 Å². The van der Waals surface area contributed by atoms with E-state index in [0.29, 0.717) is 0 Å². The standard InChI is InChI=1S/C12H13N2/c1-3-12-13-10(2)9-14(12)11-7-5-4-6-8-11/h4-7,9H,3H2,1-2H3. The van der Waals surface area contributed by atoms with Crippen molar-refractivity contribution < 1.29 is 0 Å². The van der Waals surface area contributed by atoms with Crippen LogP contribution in [0.15, 0.2) is 30.5 Å². The molecule has 0 aliphatic heterocycles. The lowest BCUT2D eigenvalue weighted by Gasteiger charge is -2.04. The van der Waals surface area contributed by atoms with Crippen molar-refractivity contribution in [1.82, 2.24) is 9.55 Å². The van der Waals surface area contributed by atoms with E-state index < -0.39 is 0 Å². The molecule has 1 aromatic heterocycles. The second-order valence-electron chi connectivity index (χ2n) is 3.27. The molecule has 2 nitrogen and oxygen atoms in total. The molecule has 1 heterocycles. The van der Waals surface area contributed by atoms with Gasteiger partial charge in [-0.1, -0.05) is 25.1 Å². The van der Waals surface area contributed by atoms with E-state index in [0.717, 1.165) is 23.6 Å². The summed E-state index contributed by atoms with van der Waals surface area (Å²) < 4.78 is 2.09. The van der Waals surface area contributed by atoms with Crippen molar-refractivity contribution in [2.45, 2.75) is 20.3 Å². The van der Waals surface area contributed by atoms with Gasteiger partial charge in [0.1, 0.15) is 5.82 Å². The minimum Gasteiger partial charge on any atom is -0.303 e. The Morgan fingerprint density at radius 3 is 2.93 bits per heavy atom. The van der Waals surface area contributed by atoms with Crippen molar-refractivity contribution in [2.24, 2.45) is 0 Å². The van der Waals surface area contributed by atoms with Gasteiger partial charge in [0, 0.05) is 18.7 Å². The molecule has 0 amide bonds. The molecule has 0 saturated carbocycles. The van der Waals surface area contributed by atoms with E-state index in [4.69, 9.17) is 0 Å². The van der Waals surface area contributed by atoms with E-state index >= 15 is 0 Å². The summed E-state index contributed by atoms with van der Waals surface area (Å²) in [6, 6.07) is 11.1. The van der Waals surface area contributed by atoms with Gasteiger partial charge in [0.15, 0.2) is 0 Å². The van der Waals surface area contributed by atoms with E-state index in [1.165, 1.54) is 0 Å². The highest BCUT2D eigenvalue weighted by Crippen LogP contribution is 2.11. The zero-order valence-electron chi connectivity index (χ0n) is 8.49. The summed E-state index contributed by atoms with van der Waals surface area (Å²) in [6.45, 7) is 4.12. The van der Waals surface area contributed by atoms with Gasteiger partial charge in [-0.05, 0) is 13.0 Å². The largest absolute Gasteiger partial charge is 0.303 e. The maximum Gasteiger partial charge on any atom is 0.113 e. The molecule has 0 unspecified atom stereocenters. The Hall–Kier alpha value is -1.57. The average molecular weight is 185 g/mol. The number of imidazole rings is 1. The molecule has 2 heteroatoms. The van der Waals surface area contributed by atoms with E-state index in [2.05, 4.69) is 22.5 Å². The predicted molar refractivity (Wildman–Crippen MR) is 56.5 cm³/mol. The van der Waals surface area contributed by atoms with Gasteiger partial charge < -0.3 is 4.57 Å². The Kier molecular flexibility index (Phi) is 2.35. The third-order valence-corrected chi connectivity index (χ3v) is 2.17. The molecule has 1 radical (unpaired) electrons. The number of nitrogens with zero attached hydrogens (tertiary/aromatic N) is 2. The van der Waals surface area contributed by atoms with Crippen molar-refractivity contribution in [1.29, 1.82) is 0 Å². The number of aromatic nitrogens is 2. The van der Waals surface area contributed by atoms with Gasteiger partial charge in [0.2, 0.25) is 0 Å². The van der Waals surface area contributed by atoms with Crippen LogP contribution in [0.1, 0.15) is 18.4 Å². The van der Waals surface area contributed by atoms with Gasteiger partial charge >= 0.3 is 0 Å². The fourth-order valence-electron chi connectivity index (χ4n) is 1.54. The zero-order valence-corrected chi connectivity index (χ0v) is 8.49. The Morgan fingerprint density at radius 1 is 1.43 bits per heavy atom. The van der Waals surface area contributed by atoms with Crippen LogP contribution in [0.5, 0.6) is 0 Å². The maximum atomic E-state index is 4.45. The Morgan fingerprint density at radius 2 is 2.29 bits per heavy atom. The fraction of sp³-hybridized carbons (Fsp3) is 0.250. The summed E-state index contributed by atoms with van der Waals surface area (Å²) >= 11 is 0. The molecule has 2 rings (SSSR count). The lowest BCUT2D eigenvalue weighted by molar-refractivity contribution is 0.889. The molecule has 0 fully saturated rings. The third-order valence-electron chi connectivity index (χ3n) is 2.17. The summed E-state index contributed by atoms with van der Waals surface area (Å²) in [5.74, 6) is 1.09. The minimum absolute atomic E-state index is 0.941. The van der Waals surface area contributed by atoms with E-state index in [1.54, 1.807) is 0 Å². The Bertz CT molecular complexity index is 415. The number of hydrogen-bond acceptors (Lipinski definition) is 1. The van der Waals surface area contributed by atoms with Gasteiger partial charge in [-0.3, -0.25) is 0 Å². The lowest BCUT2D eigenvalue weighted by Crippen LogP contribution is -1.98. The summed E-state index contributed by atoms with van der Waals surface area (Å²) in [5, 5.41) is 0. The third kappa shape index (κ3) is 1.55. The normalized spacial score (nSPS) is 10.4. The van der Waals surface area contributed by atoms with Crippen molar-refractivity contribution in [3.63, 3.8) is 0 Å². The quantitative estimate of drug-likeness (QED) is 0.703. The van der Waals surface area contributed by atoms with Gasteiger partial charge in [-0.2, -0.15) is 0 Å². The zero-order chi connectivity index (χ0) is 9.97. The molecule has 1 aromatic carbocycles. The number of aryl methyl sites for hydroxylation is 2. The molecule has 0 N–H and O–H groups in total. The summed E-state index contributed by atoms with van der Waals surface area (Å²) in [7, 11) is 0. The molecule has 2 aromatic rings. The molecule has 14 heavy (non-hydrogen) atoms. The first kappa shape index (κ1) is 9.00. The molecule has 0 atom stereocenters. The van der Waals surface area contributed by atoms with E-state index in [9.17, 15) is 0 Å². The van der Waals surface area contributed by atoms with Crippen LogP contribution in [-0.2, 0) is 6.42 Å². The summed E-state index contributed by atoms with van der Waals surface area (Å²) in [6.07, 6.45) is 2.99. The maximum absolute atomic E-state index is 4.45. The van der Waals surface area contributed by atoms with Crippen LogP contribution in [0.4, 0.5) is 0 Å². The van der Waals surface area contributed by atoms with Gasteiger partial charge in [-0.15, -0.1) is 0 Å². The topological polar surface area (TPSA) is 17.8 Å². The van der Waals surface area contributed by atoms with E-state index in [1.807, 2.05) is 37.4 Å². The van der Waals surface area contributed by atoms with Crippen molar-refractivity contribution in [2.75, 3.05) is 0 Å². The van der Waals surface area contributed by atoms with Crippen molar-refractivity contribution >= 4 is 0 Å². The lowest BCUT2D eigenvalue weighted by atomic mass is 10.3. The van der Waals surface area contributed by atoms with Gasteiger partial charge in [-0.25, -0.2) is 4.98 Å². The molecule has 71 valence electrons. The first-order chi connectivity index (χ1) is 6.81. The average Bonchev–Trinajstić information content (AvgIpc) is 2.61. The summed E-state index contributed by atoms with van der Waals surface area (Å²) in [4.78, 5) is 4.45. The summed E-state index contributed by atoms with van der Waals surface area (Å²) in [5.41, 5.74) is 2.11. The predicted octanol–water partition coefficient (Wildman–Crippen LogP) is 2.54. The Balaban J connectivity index is 2.51. The van der Waals surface area contributed by atoms with Crippen molar-refractivity contribution in [3.8, 4) is 5.69 Å². The monoisotopic (exact) mass is 185 g/mol. The number of para-hydroxylation sites is 1. The van der Waals surface area contributed by atoms with Crippen LogP contribution < -0.4 is 0 Å². The number of rotatable bonds is 2. The van der Waals surface area contributed by atoms with E-state index in [-0.39, 0.29) is 0 Å². The number of hydrogen-bond donors (Lipinski definition) is 0. The van der Waals surface area contributed by atoms with Crippen LogP contribution in [0.25, 0.3) is 5.69 Å². The first-order valence-corrected chi connectivity index (χ1v) is 4.83. The first-order valence-electron chi connectivity index (χ1n) is 4.83. The fourth-order valence-corrected chi connectivity index (χ4v) is 1.54. The molecule has 0 saturated heterocycles. The van der Waals surface area contributed by atoms with Crippen molar-refractivity contribution in [3.05, 3.63) is 48.0 Å². The molecular formula is C12H13N2. The highest BCUT2D eigenvalue weighted by molar-refractivity contribution is 5.32. The van der Waals surface area contributed by atoms with Crippen LogP contribution in [-0.4, -0.2) is 9.55 Å². The molecule has 0 spiro atoms. The molecule has 0 aliphatic rings. The second-order valence-corrected chi connectivity index (χ2v) is 3.27. The van der Waals surface area contributed by atoms with Crippen LogP contribution in [0, 0.1) is 13.0 Å². The van der Waals surface area contributed by atoms with Crippen LogP contribution in [0.3, 0.4) is 0 Å². The highest BCUT2D eigenvalue weighted by Gasteiger charge is 2.04.